The van der Waals surface area contributed by atoms with E-state index in [9.17, 15) is 0 Å². The molecule has 0 aliphatic heterocycles. The van der Waals surface area contributed by atoms with Crippen LogP contribution in [0.2, 0.25) is 0 Å². The highest BCUT2D eigenvalue weighted by Crippen LogP contribution is 2.24. The molecule has 0 unspecified atom stereocenters. The number of aromatic nitrogens is 1. The first-order valence-corrected chi connectivity index (χ1v) is 5.56. The second kappa shape index (κ2) is 5.09. The number of hydrogen-bond acceptors (Lipinski definition) is 3. The van der Waals surface area contributed by atoms with Crippen LogP contribution in [0, 0.1) is 0 Å². The molecule has 4 heteroatoms. The third-order valence-electron chi connectivity index (χ3n) is 1.98. The number of nitrogens with zero attached hydrogens (tertiary/aromatic N) is 1. The van der Waals surface area contributed by atoms with Crippen molar-refractivity contribution in [2.24, 2.45) is 0 Å². The molecular formula is C12H10BrNO2. The van der Waals surface area contributed by atoms with Crippen molar-refractivity contribution < 1.29 is 9.84 Å². The molecule has 1 N–H and O–H groups in total. The van der Waals surface area contributed by atoms with Crippen molar-refractivity contribution in [3.8, 4) is 11.5 Å². The number of halogens is 1. The molecule has 0 saturated heterocycles. The van der Waals surface area contributed by atoms with Gasteiger partial charge in [-0.05, 0) is 24.3 Å². The van der Waals surface area contributed by atoms with E-state index < -0.39 is 0 Å². The maximum Gasteiger partial charge on any atom is 0.130 e. The molecule has 16 heavy (non-hydrogen) atoms. The van der Waals surface area contributed by atoms with E-state index in [1.807, 2.05) is 24.3 Å². The van der Waals surface area contributed by atoms with Gasteiger partial charge in [0, 0.05) is 16.7 Å². The monoisotopic (exact) mass is 279 g/mol. The maximum atomic E-state index is 8.95. The fourth-order valence-corrected chi connectivity index (χ4v) is 1.65. The molecule has 0 saturated carbocycles. The third-order valence-corrected chi connectivity index (χ3v) is 2.48. The van der Waals surface area contributed by atoms with Gasteiger partial charge >= 0.3 is 0 Å². The van der Waals surface area contributed by atoms with E-state index in [0.29, 0.717) is 11.4 Å². The summed E-state index contributed by atoms with van der Waals surface area (Å²) >= 11 is 3.37. The van der Waals surface area contributed by atoms with Crippen LogP contribution in [0.15, 0.2) is 47.1 Å². The average Bonchev–Trinajstić information content (AvgIpc) is 2.29. The largest absolute Gasteiger partial charge is 0.457 e. The molecule has 2 aromatic rings. The summed E-state index contributed by atoms with van der Waals surface area (Å²) in [7, 11) is 0. The van der Waals surface area contributed by atoms with Crippen LogP contribution in [0.4, 0.5) is 0 Å². The summed E-state index contributed by atoms with van der Waals surface area (Å²) in [5, 5.41) is 8.95. The van der Waals surface area contributed by atoms with Crippen LogP contribution >= 0.6 is 15.9 Å². The van der Waals surface area contributed by atoms with E-state index in [1.54, 1.807) is 18.3 Å². The summed E-state index contributed by atoms with van der Waals surface area (Å²) in [6, 6.07) is 11.0. The molecule has 3 nitrogen and oxygen atoms in total. The van der Waals surface area contributed by atoms with Gasteiger partial charge < -0.3 is 9.84 Å². The highest BCUT2D eigenvalue weighted by molar-refractivity contribution is 9.10. The number of aliphatic hydroxyl groups is 1. The Morgan fingerprint density at radius 3 is 2.75 bits per heavy atom. The molecule has 0 spiro atoms. The molecule has 0 amide bonds. The van der Waals surface area contributed by atoms with Crippen LogP contribution in [0.5, 0.6) is 11.5 Å². The number of benzene rings is 1. The average molecular weight is 280 g/mol. The first-order valence-electron chi connectivity index (χ1n) is 4.77. The summed E-state index contributed by atoms with van der Waals surface area (Å²) in [4.78, 5) is 3.98. The van der Waals surface area contributed by atoms with Gasteiger partial charge in [0.05, 0.1) is 12.3 Å². The van der Waals surface area contributed by atoms with Crippen molar-refractivity contribution in [1.29, 1.82) is 0 Å². The van der Waals surface area contributed by atoms with Gasteiger partial charge in [-0.25, -0.2) is 0 Å². The number of rotatable bonds is 3. The van der Waals surface area contributed by atoms with Crippen LogP contribution in [0.1, 0.15) is 5.69 Å². The van der Waals surface area contributed by atoms with Crippen molar-refractivity contribution in [3.05, 3.63) is 52.8 Å². The van der Waals surface area contributed by atoms with E-state index >= 15 is 0 Å². The zero-order valence-electron chi connectivity index (χ0n) is 8.43. The minimum Gasteiger partial charge on any atom is -0.457 e. The number of hydrogen-bond donors (Lipinski definition) is 1. The van der Waals surface area contributed by atoms with E-state index in [0.717, 1.165) is 10.2 Å². The van der Waals surface area contributed by atoms with Crippen molar-refractivity contribution in [2.45, 2.75) is 6.61 Å². The molecular weight excluding hydrogens is 270 g/mol. The lowest BCUT2D eigenvalue weighted by atomic mass is 10.3. The minimum absolute atomic E-state index is 0.0876. The molecule has 1 heterocycles. The minimum atomic E-state index is -0.0876. The standard InChI is InChI=1S/C12H10BrNO2/c13-9-2-1-3-11(6-9)16-12-4-5-14-10(7-12)8-15/h1-7,15H,8H2. The Balaban J connectivity index is 2.20. The lowest BCUT2D eigenvalue weighted by molar-refractivity contribution is 0.276. The SMILES string of the molecule is OCc1cc(Oc2cccc(Br)c2)ccn1. The predicted molar refractivity (Wildman–Crippen MR) is 64.4 cm³/mol. The highest BCUT2D eigenvalue weighted by Gasteiger charge is 1.99. The van der Waals surface area contributed by atoms with Gasteiger partial charge in [0.25, 0.3) is 0 Å². The molecule has 0 aliphatic carbocycles. The van der Waals surface area contributed by atoms with Crippen molar-refractivity contribution >= 4 is 15.9 Å². The zero-order chi connectivity index (χ0) is 11.4. The quantitative estimate of drug-likeness (QED) is 0.939. The Bertz CT molecular complexity index is 488. The topological polar surface area (TPSA) is 42.4 Å². The summed E-state index contributed by atoms with van der Waals surface area (Å²) in [5.74, 6) is 1.40. The normalized spacial score (nSPS) is 10.1. The molecule has 1 aromatic carbocycles. The van der Waals surface area contributed by atoms with Crippen LogP contribution in [0.25, 0.3) is 0 Å². The first kappa shape index (κ1) is 11.1. The zero-order valence-corrected chi connectivity index (χ0v) is 10.0. The molecule has 0 aliphatic rings. The summed E-state index contributed by atoms with van der Waals surface area (Å²) < 4.78 is 6.58. The third kappa shape index (κ3) is 2.81. The van der Waals surface area contributed by atoms with E-state index in [-0.39, 0.29) is 6.61 Å². The van der Waals surface area contributed by atoms with Crippen LogP contribution < -0.4 is 4.74 Å². The Morgan fingerprint density at radius 2 is 2.00 bits per heavy atom. The van der Waals surface area contributed by atoms with Gasteiger partial charge in [-0.15, -0.1) is 0 Å². The Kier molecular flexibility index (Phi) is 3.54. The molecule has 0 atom stereocenters. The Hall–Kier alpha value is -1.39. The molecule has 0 radical (unpaired) electrons. The second-order valence-electron chi connectivity index (χ2n) is 3.20. The highest BCUT2D eigenvalue weighted by atomic mass is 79.9. The summed E-state index contributed by atoms with van der Waals surface area (Å²) in [6.45, 7) is -0.0876. The van der Waals surface area contributed by atoms with Crippen LogP contribution in [0.3, 0.4) is 0 Å². The summed E-state index contributed by atoms with van der Waals surface area (Å²) in [5.41, 5.74) is 0.590. The van der Waals surface area contributed by atoms with Crippen molar-refractivity contribution in [1.82, 2.24) is 4.98 Å². The number of pyridine rings is 1. The molecule has 2 rings (SSSR count). The van der Waals surface area contributed by atoms with Gasteiger partial charge in [-0.2, -0.15) is 0 Å². The lowest BCUT2D eigenvalue weighted by Crippen LogP contribution is -1.90. The molecule has 1 aromatic heterocycles. The van der Waals surface area contributed by atoms with E-state index in [2.05, 4.69) is 20.9 Å². The van der Waals surface area contributed by atoms with Gasteiger partial charge in [0.1, 0.15) is 11.5 Å². The van der Waals surface area contributed by atoms with Gasteiger partial charge in [0.15, 0.2) is 0 Å². The van der Waals surface area contributed by atoms with E-state index in [4.69, 9.17) is 9.84 Å². The van der Waals surface area contributed by atoms with Crippen molar-refractivity contribution in [2.75, 3.05) is 0 Å². The predicted octanol–water partition coefficient (Wildman–Crippen LogP) is 3.13. The molecule has 0 fully saturated rings. The summed E-state index contributed by atoms with van der Waals surface area (Å²) in [6.07, 6.45) is 1.61. The van der Waals surface area contributed by atoms with Gasteiger partial charge in [-0.3, -0.25) is 4.98 Å². The van der Waals surface area contributed by atoms with E-state index in [1.165, 1.54) is 0 Å². The maximum absolute atomic E-state index is 8.95. The molecule has 82 valence electrons. The first-order chi connectivity index (χ1) is 7.78. The van der Waals surface area contributed by atoms with Crippen molar-refractivity contribution in [3.63, 3.8) is 0 Å². The van der Waals surface area contributed by atoms with Gasteiger partial charge in [0.2, 0.25) is 0 Å². The Labute approximate surface area is 102 Å². The second-order valence-corrected chi connectivity index (χ2v) is 4.12. The van der Waals surface area contributed by atoms with Crippen LogP contribution in [-0.2, 0) is 6.61 Å². The fraction of sp³-hybridized carbons (Fsp3) is 0.0833. The number of ether oxygens (including phenoxy) is 1. The Morgan fingerprint density at radius 1 is 1.19 bits per heavy atom. The molecule has 0 bridgehead atoms. The van der Waals surface area contributed by atoms with Gasteiger partial charge in [-0.1, -0.05) is 22.0 Å². The van der Waals surface area contributed by atoms with Crippen LogP contribution in [-0.4, -0.2) is 10.1 Å². The number of aliphatic hydroxyl groups excluding tert-OH is 1. The lowest BCUT2D eigenvalue weighted by Gasteiger charge is -2.06. The smallest absolute Gasteiger partial charge is 0.130 e. The fourth-order valence-electron chi connectivity index (χ4n) is 1.27.